The van der Waals surface area contributed by atoms with Crippen molar-refractivity contribution in [3.8, 4) is 11.5 Å². The van der Waals surface area contributed by atoms with Crippen molar-refractivity contribution in [2.24, 2.45) is 5.92 Å². The third-order valence-electron chi connectivity index (χ3n) is 3.71. The molecule has 0 saturated carbocycles. The second-order valence-corrected chi connectivity index (χ2v) is 7.43. The van der Waals surface area contributed by atoms with Gasteiger partial charge in [0, 0.05) is 17.5 Å². The Morgan fingerprint density at radius 3 is 2.48 bits per heavy atom. The van der Waals surface area contributed by atoms with Gasteiger partial charge in [-0.1, -0.05) is 25.4 Å². The Morgan fingerprint density at radius 1 is 1.30 bits per heavy atom. The average molecular weight is 337 g/mol. The lowest BCUT2D eigenvalue weighted by molar-refractivity contribution is -0.107. The van der Waals surface area contributed by atoms with Crippen LogP contribution < -0.4 is 9.47 Å². The molecule has 0 bridgehead atoms. The summed E-state index contributed by atoms with van der Waals surface area (Å²) in [5.74, 6) is 1.52. The van der Waals surface area contributed by atoms with Crippen LogP contribution >= 0.6 is 11.6 Å². The average Bonchev–Trinajstić information content (AvgIpc) is 2.42. The molecule has 126 valence electrons. The Balaban J connectivity index is 2.70. The highest BCUT2D eigenvalue weighted by atomic mass is 35.5. The molecule has 4 heteroatoms. The summed E-state index contributed by atoms with van der Waals surface area (Å²) in [4.78, 5) is 11.1. The van der Waals surface area contributed by atoms with E-state index in [2.05, 4.69) is 19.9 Å². The molecule has 1 heterocycles. The molecule has 1 aromatic carbocycles. The molecule has 2 rings (SSSR count). The number of aldehydes is 1. The van der Waals surface area contributed by atoms with Crippen LogP contribution in [0.4, 0.5) is 0 Å². The van der Waals surface area contributed by atoms with Crippen molar-refractivity contribution in [1.29, 1.82) is 0 Å². The molecule has 0 radical (unpaired) electrons. The van der Waals surface area contributed by atoms with Crippen LogP contribution in [-0.2, 0) is 11.2 Å². The Morgan fingerprint density at radius 2 is 1.96 bits per heavy atom. The molecule has 0 aromatic heterocycles. The van der Waals surface area contributed by atoms with Crippen molar-refractivity contribution in [2.45, 2.75) is 59.7 Å². The van der Waals surface area contributed by atoms with E-state index < -0.39 is 5.60 Å². The van der Waals surface area contributed by atoms with E-state index >= 15 is 0 Å². The van der Waals surface area contributed by atoms with Crippen molar-refractivity contribution in [2.75, 3.05) is 0 Å². The first-order valence-electron chi connectivity index (χ1n) is 8.04. The summed E-state index contributed by atoms with van der Waals surface area (Å²) in [6, 6.07) is 1.98. The largest absolute Gasteiger partial charge is 0.489 e. The molecule has 1 aliphatic rings. The molecule has 0 amide bonds. The number of ether oxygens (including phenoxy) is 2. The highest BCUT2D eigenvalue weighted by Crippen LogP contribution is 2.48. The van der Waals surface area contributed by atoms with Gasteiger partial charge in [0.15, 0.2) is 5.75 Å². The maximum Gasteiger partial charge on any atom is 0.150 e. The van der Waals surface area contributed by atoms with Gasteiger partial charge < -0.3 is 14.3 Å². The second kappa shape index (κ2) is 6.56. The summed E-state index contributed by atoms with van der Waals surface area (Å²) in [7, 11) is 0. The summed E-state index contributed by atoms with van der Waals surface area (Å²) in [5.41, 5.74) is 2.50. The summed E-state index contributed by atoms with van der Waals surface area (Å²) >= 11 is 6.62. The lowest BCUT2D eigenvalue weighted by Gasteiger charge is -2.34. The lowest BCUT2D eigenvalue weighted by Crippen LogP contribution is -2.30. The van der Waals surface area contributed by atoms with E-state index in [0.717, 1.165) is 17.4 Å². The van der Waals surface area contributed by atoms with Crippen LogP contribution in [-0.4, -0.2) is 18.0 Å². The predicted octanol–water partition coefficient (Wildman–Crippen LogP) is 5.08. The predicted molar refractivity (Wildman–Crippen MR) is 94.5 cm³/mol. The summed E-state index contributed by atoms with van der Waals surface area (Å²) in [6.45, 7) is 12.2. The van der Waals surface area contributed by atoms with Gasteiger partial charge in [0.05, 0.1) is 6.10 Å². The minimum absolute atomic E-state index is 0.0346. The smallest absolute Gasteiger partial charge is 0.150 e. The molecule has 0 atom stereocenters. The molecule has 0 saturated heterocycles. The quantitative estimate of drug-likeness (QED) is 0.703. The maximum atomic E-state index is 11.1. The number of carbonyl (C=O) groups excluding carboxylic acids is 1. The molecule has 0 fully saturated rings. The number of benzene rings is 1. The highest BCUT2D eigenvalue weighted by Gasteiger charge is 2.32. The molecule has 0 N–H and O–H groups in total. The zero-order chi connectivity index (χ0) is 17.4. The minimum Gasteiger partial charge on any atom is -0.489 e. The summed E-state index contributed by atoms with van der Waals surface area (Å²) in [5, 5.41) is 0.451. The summed E-state index contributed by atoms with van der Waals surface area (Å²) in [6.07, 6.45) is 3.23. The summed E-state index contributed by atoms with van der Waals surface area (Å²) < 4.78 is 12.0. The van der Waals surface area contributed by atoms with Crippen molar-refractivity contribution < 1.29 is 14.3 Å². The monoisotopic (exact) mass is 336 g/mol. The Hall–Kier alpha value is -1.48. The number of halogens is 1. The van der Waals surface area contributed by atoms with E-state index in [1.54, 1.807) is 0 Å². The van der Waals surface area contributed by atoms with Crippen LogP contribution in [0.25, 0.3) is 5.57 Å². The van der Waals surface area contributed by atoms with Gasteiger partial charge in [-0.2, -0.15) is 0 Å². The zero-order valence-electron chi connectivity index (χ0n) is 14.7. The molecular weight excluding hydrogens is 312 g/mol. The van der Waals surface area contributed by atoms with E-state index in [0.29, 0.717) is 22.4 Å². The van der Waals surface area contributed by atoms with Crippen LogP contribution in [0.15, 0.2) is 12.1 Å². The van der Waals surface area contributed by atoms with Crippen LogP contribution in [0.2, 0.25) is 5.02 Å². The highest BCUT2D eigenvalue weighted by molar-refractivity contribution is 6.34. The second-order valence-electron chi connectivity index (χ2n) is 7.05. The van der Waals surface area contributed by atoms with E-state index in [1.807, 2.05) is 33.8 Å². The van der Waals surface area contributed by atoms with Gasteiger partial charge in [-0.15, -0.1) is 0 Å². The fourth-order valence-electron chi connectivity index (χ4n) is 2.81. The number of hydrogen-bond donors (Lipinski definition) is 0. The third kappa shape index (κ3) is 3.72. The first-order chi connectivity index (χ1) is 10.7. The SMILES string of the molecule is CC(C)Oc1c(CC=O)cc2c(c1Cl)OC(C)(C)C=C2C(C)C. The van der Waals surface area contributed by atoms with Crippen LogP contribution in [0.1, 0.15) is 52.7 Å². The Bertz CT molecular complexity index is 643. The first kappa shape index (κ1) is 17.9. The van der Waals surface area contributed by atoms with Gasteiger partial charge in [-0.25, -0.2) is 0 Å². The van der Waals surface area contributed by atoms with Crippen LogP contribution in [0.3, 0.4) is 0 Å². The van der Waals surface area contributed by atoms with Crippen LogP contribution in [0.5, 0.6) is 11.5 Å². The van der Waals surface area contributed by atoms with E-state index in [4.69, 9.17) is 21.1 Å². The molecule has 23 heavy (non-hydrogen) atoms. The molecule has 0 unspecified atom stereocenters. The van der Waals surface area contributed by atoms with Crippen molar-refractivity contribution in [3.05, 3.63) is 28.3 Å². The van der Waals surface area contributed by atoms with Crippen LogP contribution in [0, 0.1) is 5.92 Å². The van der Waals surface area contributed by atoms with Gasteiger partial charge in [-0.05, 0) is 51.3 Å². The van der Waals surface area contributed by atoms with E-state index in [9.17, 15) is 4.79 Å². The molecule has 0 spiro atoms. The molecule has 1 aromatic rings. The number of rotatable bonds is 5. The fourth-order valence-corrected chi connectivity index (χ4v) is 3.12. The number of hydrogen-bond acceptors (Lipinski definition) is 3. The van der Waals surface area contributed by atoms with Gasteiger partial charge in [-0.3, -0.25) is 0 Å². The number of allylic oxidation sites excluding steroid dienone is 1. The van der Waals surface area contributed by atoms with Crippen molar-refractivity contribution in [1.82, 2.24) is 0 Å². The third-order valence-corrected chi connectivity index (χ3v) is 4.05. The normalized spacial score (nSPS) is 16.0. The first-order valence-corrected chi connectivity index (χ1v) is 8.42. The molecule has 0 aliphatic carbocycles. The maximum absolute atomic E-state index is 11.1. The zero-order valence-corrected chi connectivity index (χ0v) is 15.5. The van der Waals surface area contributed by atoms with Gasteiger partial charge >= 0.3 is 0 Å². The standard InChI is InChI=1S/C19H25ClO3/c1-11(2)15-10-19(5,6)23-18-14(15)9-13(7-8-21)17(16(18)20)22-12(3)4/h8-12H,7H2,1-6H3. The topological polar surface area (TPSA) is 35.5 Å². The van der Waals surface area contributed by atoms with E-state index in [-0.39, 0.29) is 12.5 Å². The van der Waals surface area contributed by atoms with Gasteiger partial charge in [0.25, 0.3) is 0 Å². The number of carbonyl (C=O) groups is 1. The lowest BCUT2D eigenvalue weighted by atomic mass is 9.86. The van der Waals surface area contributed by atoms with Crippen molar-refractivity contribution in [3.63, 3.8) is 0 Å². The van der Waals surface area contributed by atoms with Crippen molar-refractivity contribution >= 4 is 23.5 Å². The number of fused-ring (bicyclic) bond motifs is 1. The molecule has 3 nitrogen and oxygen atoms in total. The van der Waals surface area contributed by atoms with E-state index in [1.165, 1.54) is 5.57 Å². The molecule has 1 aliphatic heterocycles. The Labute approximate surface area is 143 Å². The Kier molecular flexibility index (Phi) is 5.10. The minimum atomic E-state index is -0.433. The molecular formula is C19H25ClO3. The fraction of sp³-hybridized carbons (Fsp3) is 0.526. The van der Waals surface area contributed by atoms with Gasteiger partial charge in [0.1, 0.15) is 22.7 Å². The van der Waals surface area contributed by atoms with Gasteiger partial charge in [0.2, 0.25) is 0 Å².